The van der Waals surface area contributed by atoms with Crippen molar-refractivity contribution < 1.29 is 9.53 Å². The van der Waals surface area contributed by atoms with Crippen LogP contribution >= 0.6 is 11.8 Å². The van der Waals surface area contributed by atoms with E-state index in [1.54, 1.807) is 18.9 Å². The number of piperidine rings is 1. The second-order valence-corrected chi connectivity index (χ2v) is 5.25. The number of hydrogen-bond acceptors (Lipinski definition) is 4. The molecule has 1 rings (SSSR count). The molecule has 0 saturated carbocycles. The van der Waals surface area contributed by atoms with Gasteiger partial charge in [0.15, 0.2) is 0 Å². The first-order chi connectivity index (χ1) is 7.83. The molecule has 4 nitrogen and oxygen atoms in total. The molecule has 0 bridgehead atoms. The van der Waals surface area contributed by atoms with E-state index in [0.717, 1.165) is 26.1 Å². The average Bonchev–Trinajstić information content (AvgIpc) is 2.33. The van der Waals surface area contributed by atoms with Gasteiger partial charge in [0, 0.05) is 25.5 Å². The third kappa shape index (κ3) is 6.35. The number of rotatable bonds is 7. The summed E-state index contributed by atoms with van der Waals surface area (Å²) in [5, 5.41) is 6.88. The zero-order chi connectivity index (χ0) is 11.6. The zero-order valence-corrected chi connectivity index (χ0v) is 10.8. The molecule has 0 unspecified atom stereocenters. The van der Waals surface area contributed by atoms with Crippen LogP contribution in [-0.4, -0.2) is 50.3 Å². The molecule has 1 heterocycles. The molecule has 0 aromatic carbocycles. The predicted molar refractivity (Wildman–Crippen MR) is 67.9 cm³/mol. The molecule has 0 radical (unpaired) electrons. The van der Waals surface area contributed by atoms with Gasteiger partial charge in [0.05, 0.1) is 5.75 Å². The molecule has 0 aliphatic carbocycles. The predicted octanol–water partition coefficient (Wildman–Crippen LogP) is 0.624. The van der Waals surface area contributed by atoms with Gasteiger partial charge in [-0.25, -0.2) is 0 Å². The van der Waals surface area contributed by atoms with Crippen LogP contribution in [0.25, 0.3) is 0 Å². The number of thioether (sulfide) groups is 1. The molecule has 1 aliphatic rings. The van der Waals surface area contributed by atoms with Crippen LogP contribution in [0.4, 0.5) is 0 Å². The van der Waals surface area contributed by atoms with Gasteiger partial charge in [-0.15, -0.1) is 11.8 Å². The van der Waals surface area contributed by atoms with Crippen LogP contribution in [0, 0.1) is 0 Å². The monoisotopic (exact) mass is 246 g/mol. The van der Waals surface area contributed by atoms with Crippen molar-refractivity contribution in [2.45, 2.75) is 24.5 Å². The van der Waals surface area contributed by atoms with Gasteiger partial charge in [-0.3, -0.25) is 4.79 Å². The summed E-state index contributed by atoms with van der Waals surface area (Å²) in [6, 6.07) is 0. The second-order valence-electron chi connectivity index (χ2n) is 3.96. The number of amides is 1. The summed E-state index contributed by atoms with van der Waals surface area (Å²) in [5.41, 5.74) is 0. The fraction of sp³-hybridized carbons (Fsp3) is 0.909. The first-order valence-corrected chi connectivity index (χ1v) is 6.95. The standard InChI is InChI=1S/C11H22N2O2S/c1-15-8-2-5-13-11(14)9-16-10-3-6-12-7-4-10/h10,12H,2-9H2,1H3,(H,13,14). The highest BCUT2D eigenvalue weighted by Crippen LogP contribution is 2.19. The molecule has 0 aromatic heterocycles. The van der Waals surface area contributed by atoms with Gasteiger partial charge < -0.3 is 15.4 Å². The lowest BCUT2D eigenvalue weighted by Crippen LogP contribution is -2.31. The molecule has 1 saturated heterocycles. The number of ether oxygens (including phenoxy) is 1. The fourth-order valence-corrected chi connectivity index (χ4v) is 2.71. The Morgan fingerprint density at radius 1 is 1.50 bits per heavy atom. The van der Waals surface area contributed by atoms with E-state index in [4.69, 9.17) is 4.74 Å². The van der Waals surface area contributed by atoms with Gasteiger partial charge in [0.2, 0.25) is 5.91 Å². The van der Waals surface area contributed by atoms with Gasteiger partial charge in [-0.05, 0) is 32.4 Å². The van der Waals surface area contributed by atoms with Crippen LogP contribution in [-0.2, 0) is 9.53 Å². The topological polar surface area (TPSA) is 50.4 Å². The van der Waals surface area contributed by atoms with Crippen LogP contribution < -0.4 is 10.6 Å². The van der Waals surface area contributed by atoms with E-state index < -0.39 is 0 Å². The Bertz CT molecular complexity index is 196. The van der Waals surface area contributed by atoms with Crippen molar-refractivity contribution in [3.63, 3.8) is 0 Å². The average molecular weight is 246 g/mol. The van der Waals surface area contributed by atoms with Crippen LogP contribution in [0.1, 0.15) is 19.3 Å². The minimum Gasteiger partial charge on any atom is -0.385 e. The first-order valence-electron chi connectivity index (χ1n) is 5.91. The van der Waals surface area contributed by atoms with Crippen molar-refractivity contribution >= 4 is 17.7 Å². The summed E-state index contributed by atoms with van der Waals surface area (Å²) in [5.74, 6) is 0.747. The third-order valence-corrected chi connectivity index (χ3v) is 3.96. The van der Waals surface area contributed by atoms with Crippen LogP contribution in [0.15, 0.2) is 0 Å². The van der Waals surface area contributed by atoms with E-state index in [9.17, 15) is 4.79 Å². The lowest BCUT2D eigenvalue weighted by atomic mass is 10.2. The van der Waals surface area contributed by atoms with Crippen LogP contribution in [0.3, 0.4) is 0 Å². The van der Waals surface area contributed by atoms with Crippen molar-refractivity contribution in [2.24, 2.45) is 0 Å². The van der Waals surface area contributed by atoms with E-state index >= 15 is 0 Å². The Labute approximate surface area is 102 Å². The molecule has 2 N–H and O–H groups in total. The molecule has 0 atom stereocenters. The highest BCUT2D eigenvalue weighted by atomic mass is 32.2. The van der Waals surface area contributed by atoms with E-state index in [1.165, 1.54) is 12.8 Å². The molecule has 0 spiro atoms. The molecule has 1 aliphatic heterocycles. The zero-order valence-electron chi connectivity index (χ0n) is 9.96. The first kappa shape index (κ1) is 13.8. The summed E-state index contributed by atoms with van der Waals surface area (Å²) in [6.45, 7) is 3.61. The molecule has 0 aromatic rings. The van der Waals surface area contributed by atoms with Crippen molar-refractivity contribution in [1.29, 1.82) is 0 Å². The van der Waals surface area contributed by atoms with Gasteiger partial charge >= 0.3 is 0 Å². The number of nitrogens with one attached hydrogen (secondary N) is 2. The summed E-state index contributed by atoms with van der Waals surface area (Å²) in [4.78, 5) is 11.5. The maximum atomic E-state index is 11.5. The van der Waals surface area contributed by atoms with Gasteiger partial charge in [0.1, 0.15) is 0 Å². The van der Waals surface area contributed by atoms with Crippen molar-refractivity contribution in [2.75, 3.05) is 39.1 Å². The lowest BCUT2D eigenvalue weighted by Gasteiger charge is -2.21. The molecular formula is C11H22N2O2S. The van der Waals surface area contributed by atoms with Crippen LogP contribution in [0.2, 0.25) is 0 Å². The largest absolute Gasteiger partial charge is 0.385 e. The van der Waals surface area contributed by atoms with Gasteiger partial charge in [0.25, 0.3) is 0 Å². The highest BCUT2D eigenvalue weighted by molar-refractivity contribution is 8.00. The summed E-state index contributed by atoms with van der Waals surface area (Å²) in [6.07, 6.45) is 3.25. The van der Waals surface area contributed by atoms with Crippen molar-refractivity contribution in [3.05, 3.63) is 0 Å². The molecule has 16 heavy (non-hydrogen) atoms. The molecule has 5 heteroatoms. The van der Waals surface area contributed by atoms with Crippen molar-refractivity contribution in [3.8, 4) is 0 Å². The lowest BCUT2D eigenvalue weighted by molar-refractivity contribution is -0.118. The quantitative estimate of drug-likeness (QED) is 0.647. The maximum absolute atomic E-state index is 11.5. The summed E-state index contributed by atoms with van der Waals surface area (Å²) >= 11 is 1.79. The van der Waals surface area contributed by atoms with E-state index in [2.05, 4.69) is 10.6 Å². The van der Waals surface area contributed by atoms with E-state index in [0.29, 0.717) is 17.6 Å². The molecule has 1 fully saturated rings. The number of carbonyl (C=O) groups excluding carboxylic acids is 1. The SMILES string of the molecule is COCCCNC(=O)CSC1CCNCC1. The summed E-state index contributed by atoms with van der Waals surface area (Å²) < 4.78 is 4.92. The number of methoxy groups -OCH3 is 1. The minimum atomic E-state index is 0.152. The van der Waals surface area contributed by atoms with E-state index in [1.807, 2.05) is 0 Å². The second kappa shape index (κ2) is 8.84. The van der Waals surface area contributed by atoms with Crippen LogP contribution in [0.5, 0.6) is 0 Å². The molecular weight excluding hydrogens is 224 g/mol. The van der Waals surface area contributed by atoms with Gasteiger partial charge in [-0.2, -0.15) is 0 Å². The smallest absolute Gasteiger partial charge is 0.230 e. The molecule has 1 amide bonds. The fourth-order valence-electron chi connectivity index (χ4n) is 1.65. The highest BCUT2D eigenvalue weighted by Gasteiger charge is 2.14. The normalized spacial score (nSPS) is 17.3. The maximum Gasteiger partial charge on any atom is 0.230 e. The number of hydrogen-bond donors (Lipinski definition) is 2. The van der Waals surface area contributed by atoms with Crippen molar-refractivity contribution in [1.82, 2.24) is 10.6 Å². The Kier molecular flexibility index (Phi) is 7.63. The third-order valence-electron chi connectivity index (χ3n) is 2.58. The number of carbonyl (C=O) groups is 1. The Morgan fingerprint density at radius 2 is 2.25 bits per heavy atom. The Morgan fingerprint density at radius 3 is 2.94 bits per heavy atom. The minimum absolute atomic E-state index is 0.152. The Hall–Kier alpha value is -0.260. The van der Waals surface area contributed by atoms with Gasteiger partial charge in [-0.1, -0.05) is 0 Å². The molecule has 94 valence electrons. The Balaban J connectivity index is 1.96. The van der Waals surface area contributed by atoms with E-state index in [-0.39, 0.29) is 5.91 Å². The summed E-state index contributed by atoms with van der Waals surface area (Å²) in [7, 11) is 1.68.